The highest BCUT2D eigenvalue weighted by molar-refractivity contribution is 5.30. The van der Waals surface area contributed by atoms with Crippen LogP contribution >= 0.6 is 0 Å². The molecule has 0 saturated carbocycles. The van der Waals surface area contributed by atoms with Gasteiger partial charge >= 0.3 is 0 Å². The first-order valence-electron chi connectivity index (χ1n) is 7.69. The van der Waals surface area contributed by atoms with Gasteiger partial charge in [0.25, 0.3) is 0 Å². The van der Waals surface area contributed by atoms with Gasteiger partial charge in [-0.3, -0.25) is 4.90 Å². The average molecular weight is 293 g/mol. The second-order valence-corrected chi connectivity index (χ2v) is 6.34. The molecule has 1 atom stereocenters. The summed E-state index contributed by atoms with van der Waals surface area (Å²) in [6.07, 6.45) is 0. The molecular formula is C17H31N3O. The quantitative estimate of drug-likeness (QED) is 0.758. The van der Waals surface area contributed by atoms with Gasteiger partial charge in [0.05, 0.1) is 7.11 Å². The van der Waals surface area contributed by atoms with Crippen molar-refractivity contribution in [3.8, 4) is 5.75 Å². The van der Waals surface area contributed by atoms with Crippen LogP contribution in [-0.4, -0.2) is 57.2 Å². The van der Waals surface area contributed by atoms with Gasteiger partial charge in [-0.05, 0) is 37.7 Å². The first-order chi connectivity index (χ1) is 9.92. The fourth-order valence-corrected chi connectivity index (χ4v) is 2.37. The number of nitrogens with two attached hydrogens (primary N) is 1. The van der Waals surface area contributed by atoms with E-state index in [-0.39, 0.29) is 6.04 Å². The molecule has 1 rings (SSSR count). The predicted molar refractivity (Wildman–Crippen MR) is 89.8 cm³/mol. The summed E-state index contributed by atoms with van der Waals surface area (Å²) < 4.78 is 5.28. The Bertz CT molecular complexity index is 407. The average Bonchev–Trinajstić information content (AvgIpc) is 2.44. The molecule has 0 aliphatic carbocycles. The molecule has 1 aromatic rings. The number of methoxy groups -OCH3 is 1. The summed E-state index contributed by atoms with van der Waals surface area (Å²) in [5.41, 5.74) is 7.52. The fourth-order valence-electron chi connectivity index (χ4n) is 2.37. The second kappa shape index (κ2) is 9.03. The van der Waals surface area contributed by atoms with Crippen LogP contribution in [0.3, 0.4) is 0 Å². The van der Waals surface area contributed by atoms with Gasteiger partial charge in [0, 0.05) is 32.2 Å². The molecule has 0 aliphatic rings. The highest BCUT2D eigenvalue weighted by Gasteiger charge is 2.14. The Morgan fingerprint density at radius 1 is 1.14 bits per heavy atom. The van der Waals surface area contributed by atoms with Crippen LogP contribution in [0.4, 0.5) is 0 Å². The Hall–Kier alpha value is -1.10. The molecule has 1 aromatic carbocycles. The SMILES string of the molecule is COc1cccc(C(N)CN(CCN(C)C)CC(C)C)c1. The maximum atomic E-state index is 6.39. The number of benzene rings is 1. The molecule has 0 fully saturated rings. The molecule has 4 heteroatoms. The Balaban J connectivity index is 2.66. The summed E-state index contributed by atoms with van der Waals surface area (Å²) in [7, 11) is 5.90. The van der Waals surface area contributed by atoms with Crippen LogP contribution in [0, 0.1) is 5.92 Å². The van der Waals surface area contributed by atoms with E-state index in [0.29, 0.717) is 5.92 Å². The molecule has 1 unspecified atom stereocenters. The molecule has 0 spiro atoms. The summed E-state index contributed by atoms with van der Waals surface area (Å²) in [4.78, 5) is 4.67. The number of hydrogen-bond donors (Lipinski definition) is 1. The lowest BCUT2D eigenvalue weighted by molar-refractivity contribution is 0.208. The molecule has 2 N–H and O–H groups in total. The lowest BCUT2D eigenvalue weighted by atomic mass is 10.1. The number of likely N-dealkylation sites (N-methyl/N-ethyl adjacent to an activating group) is 1. The molecule has 0 radical (unpaired) electrons. The van der Waals surface area contributed by atoms with Crippen molar-refractivity contribution in [2.24, 2.45) is 11.7 Å². The minimum absolute atomic E-state index is 0.0148. The van der Waals surface area contributed by atoms with Crippen molar-refractivity contribution in [1.29, 1.82) is 0 Å². The molecule has 0 heterocycles. The molecule has 0 bridgehead atoms. The van der Waals surface area contributed by atoms with E-state index in [1.54, 1.807) is 7.11 Å². The summed E-state index contributed by atoms with van der Waals surface area (Å²) in [5, 5.41) is 0. The van der Waals surface area contributed by atoms with Gasteiger partial charge in [0.2, 0.25) is 0 Å². The molecule has 0 amide bonds. The number of hydrogen-bond acceptors (Lipinski definition) is 4. The van der Waals surface area contributed by atoms with Gasteiger partial charge < -0.3 is 15.4 Å². The number of rotatable bonds is 9. The van der Waals surface area contributed by atoms with Crippen LogP contribution < -0.4 is 10.5 Å². The van der Waals surface area contributed by atoms with Crippen molar-refractivity contribution >= 4 is 0 Å². The number of ether oxygens (including phenoxy) is 1. The van der Waals surface area contributed by atoms with Gasteiger partial charge in [-0.25, -0.2) is 0 Å². The van der Waals surface area contributed by atoms with Gasteiger partial charge in [-0.1, -0.05) is 26.0 Å². The highest BCUT2D eigenvalue weighted by atomic mass is 16.5. The van der Waals surface area contributed by atoms with Gasteiger partial charge in [-0.15, -0.1) is 0 Å². The molecule has 0 saturated heterocycles. The third kappa shape index (κ3) is 6.93. The van der Waals surface area contributed by atoms with Crippen molar-refractivity contribution in [2.45, 2.75) is 19.9 Å². The van der Waals surface area contributed by atoms with Crippen LogP contribution in [0.15, 0.2) is 24.3 Å². The van der Waals surface area contributed by atoms with Crippen LogP contribution in [0.5, 0.6) is 5.75 Å². The number of nitrogens with zero attached hydrogens (tertiary/aromatic N) is 2. The van der Waals surface area contributed by atoms with Crippen molar-refractivity contribution < 1.29 is 4.74 Å². The summed E-state index contributed by atoms with van der Waals surface area (Å²) in [6.45, 7) is 8.55. The van der Waals surface area contributed by atoms with E-state index in [0.717, 1.165) is 37.5 Å². The zero-order valence-corrected chi connectivity index (χ0v) is 14.2. The van der Waals surface area contributed by atoms with Crippen LogP contribution in [-0.2, 0) is 0 Å². The van der Waals surface area contributed by atoms with E-state index in [1.807, 2.05) is 18.2 Å². The lowest BCUT2D eigenvalue weighted by Crippen LogP contribution is -2.39. The maximum absolute atomic E-state index is 6.39. The Morgan fingerprint density at radius 3 is 2.43 bits per heavy atom. The third-order valence-electron chi connectivity index (χ3n) is 3.46. The molecule has 0 aliphatic heterocycles. The Kier molecular flexibility index (Phi) is 7.72. The Morgan fingerprint density at radius 2 is 1.86 bits per heavy atom. The Labute approximate surface area is 129 Å². The standard InChI is InChI=1S/C17H31N3O/c1-14(2)12-20(10-9-19(3)4)13-17(18)15-7-6-8-16(11-15)21-5/h6-8,11,14,17H,9-10,12-13,18H2,1-5H3. The predicted octanol–water partition coefficient (Wildman–Crippen LogP) is 2.21. The highest BCUT2D eigenvalue weighted by Crippen LogP contribution is 2.18. The van der Waals surface area contributed by atoms with E-state index in [2.05, 4.69) is 43.8 Å². The molecule has 21 heavy (non-hydrogen) atoms. The van der Waals surface area contributed by atoms with Crippen molar-refractivity contribution in [1.82, 2.24) is 9.80 Å². The first kappa shape index (κ1) is 18.0. The third-order valence-corrected chi connectivity index (χ3v) is 3.46. The smallest absolute Gasteiger partial charge is 0.119 e. The normalized spacial score (nSPS) is 13.2. The zero-order valence-electron chi connectivity index (χ0n) is 14.2. The van der Waals surface area contributed by atoms with E-state index < -0.39 is 0 Å². The molecular weight excluding hydrogens is 262 g/mol. The second-order valence-electron chi connectivity index (χ2n) is 6.34. The molecule has 120 valence electrons. The van der Waals surface area contributed by atoms with Crippen LogP contribution in [0.2, 0.25) is 0 Å². The van der Waals surface area contributed by atoms with Gasteiger partial charge in [0.1, 0.15) is 5.75 Å². The monoisotopic (exact) mass is 293 g/mol. The summed E-state index contributed by atoms with van der Waals surface area (Å²) in [5.74, 6) is 1.51. The minimum atomic E-state index is 0.0148. The maximum Gasteiger partial charge on any atom is 0.119 e. The largest absolute Gasteiger partial charge is 0.497 e. The zero-order chi connectivity index (χ0) is 15.8. The fraction of sp³-hybridized carbons (Fsp3) is 0.647. The molecule has 4 nitrogen and oxygen atoms in total. The van der Waals surface area contributed by atoms with Gasteiger partial charge in [-0.2, -0.15) is 0 Å². The first-order valence-corrected chi connectivity index (χ1v) is 7.69. The van der Waals surface area contributed by atoms with E-state index in [4.69, 9.17) is 10.5 Å². The van der Waals surface area contributed by atoms with Crippen LogP contribution in [0.1, 0.15) is 25.5 Å². The summed E-state index contributed by atoms with van der Waals surface area (Å²) >= 11 is 0. The van der Waals surface area contributed by atoms with E-state index in [9.17, 15) is 0 Å². The van der Waals surface area contributed by atoms with E-state index >= 15 is 0 Å². The van der Waals surface area contributed by atoms with Crippen molar-refractivity contribution in [3.05, 3.63) is 29.8 Å². The van der Waals surface area contributed by atoms with E-state index in [1.165, 1.54) is 0 Å². The lowest BCUT2D eigenvalue weighted by Gasteiger charge is -2.28. The summed E-state index contributed by atoms with van der Waals surface area (Å²) in [6, 6.07) is 8.08. The van der Waals surface area contributed by atoms with Crippen molar-refractivity contribution in [3.63, 3.8) is 0 Å². The topological polar surface area (TPSA) is 41.7 Å². The molecule has 0 aromatic heterocycles. The van der Waals surface area contributed by atoms with Crippen LogP contribution in [0.25, 0.3) is 0 Å². The van der Waals surface area contributed by atoms with Gasteiger partial charge in [0.15, 0.2) is 0 Å². The minimum Gasteiger partial charge on any atom is -0.497 e. The van der Waals surface area contributed by atoms with Crippen molar-refractivity contribution in [2.75, 3.05) is 47.4 Å².